The number of pyridine rings is 1. The highest BCUT2D eigenvalue weighted by Crippen LogP contribution is 2.38. The monoisotopic (exact) mass is 425 g/mol. The number of ether oxygens (including phenoxy) is 3. The van der Waals surface area contributed by atoms with Gasteiger partial charge in [0.2, 0.25) is 0 Å². The van der Waals surface area contributed by atoms with Crippen LogP contribution in [0.4, 0.5) is 10.1 Å². The topological polar surface area (TPSA) is 55.8 Å². The molecule has 1 aliphatic heterocycles. The number of hydrogen-bond donors (Lipinski definition) is 1. The van der Waals surface area contributed by atoms with Crippen LogP contribution < -0.4 is 19.5 Å². The van der Waals surface area contributed by atoms with Gasteiger partial charge in [0, 0.05) is 56.1 Å². The van der Waals surface area contributed by atoms with Crippen molar-refractivity contribution in [1.82, 2.24) is 9.88 Å². The number of methoxy groups -OCH3 is 1. The Morgan fingerprint density at radius 3 is 2.55 bits per heavy atom. The minimum atomic E-state index is -0.446. The number of anilines is 1. The minimum Gasteiger partial charge on any atom is -0.493 e. The van der Waals surface area contributed by atoms with Crippen LogP contribution in [-0.2, 0) is 0 Å². The van der Waals surface area contributed by atoms with Gasteiger partial charge >= 0.3 is 0 Å². The second-order valence-electron chi connectivity index (χ2n) is 8.55. The van der Waals surface area contributed by atoms with Crippen LogP contribution in [0.5, 0.6) is 23.0 Å². The van der Waals surface area contributed by atoms with Gasteiger partial charge in [-0.15, -0.1) is 0 Å². The number of hydrogen-bond acceptors (Lipinski definition) is 6. The van der Waals surface area contributed by atoms with Crippen LogP contribution in [0.15, 0.2) is 42.6 Å². The zero-order valence-corrected chi connectivity index (χ0v) is 18.4. The number of fused-ring (bicyclic) bond motifs is 1. The average Bonchev–Trinajstić information content (AvgIpc) is 2.73. The van der Waals surface area contributed by atoms with E-state index < -0.39 is 5.82 Å². The van der Waals surface area contributed by atoms with Crippen molar-refractivity contribution in [2.75, 3.05) is 45.7 Å². The van der Waals surface area contributed by atoms with Crippen molar-refractivity contribution in [2.24, 2.45) is 5.41 Å². The second-order valence-corrected chi connectivity index (χ2v) is 8.55. The Morgan fingerprint density at radius 2 is 1.87 bits per heavy atom. The fourth-order valence-corrected chi connectivity index (χ4v) is 3.95. The first-order valence-corrected chi connectivity index (χ1v) is 10.4. The van der Waals surface area contributed by atoms with Crippen LogP contribution >= 0.6 is 0 Å². The summed E-state index contributed by atoms with van der Waals surface area (Å²) in [6.45, 7) is 8.13. The quantitative estimate of drug-likeness (QED) is 0.552. The van der Waals surface area contributed by atoms with Gasteiger partial charge in [-0.2, -0.15) is 0 Å². The van der Waals surface area contributed by atoms with Gasteiger partial charge in [0.15, 0.2) is 23.1 Å². The molecule has 6 nitrogen and oxygen atoms in total. The van der Waals surface area contributed by atoms with Crippen molar-refractivity contribution in [1.29, 1.82) is 0 Å². The highest BCUT2D eigenvalue weighted by Gasteiger charge is 2.33. The molecular formula is C24H28FN3O3. The van der Waals surface area contributed by atoms with E-state index in [0.29, 0.717) is 45.9 Å². The first kappa shape index (κ1) is 21.2. The van der Waals surface area contributed by atoms with Gasteiger partial charge in [-0.25, -0.2) is 4.39 Å². The zero-order chi connectivity index (χ0) is 22.0. The van der Waals surface area contributed by atoms with Crippen LogP contribution in [0, 0.1) is 11.2 Å². The molecule has 31 heavy (non-hydrogen) atoms. The van der Waals surface area contributed by atoms with Gasteiger partial charge in [-0.3, -0.25) is 9.88 Å². The third-order valence-corrected chi connectivity index (χ3v) is 5.40. The molecule has 3 aromatic rings. The van der Waals surface area contributed by atoms with E-state index >= 15 is 0 Å². The summed E-state index contributed by atoms with van der Waals surface area (Å²) in [6, 6.07) is 10.1. The summed E-state index contributed by atoms with van der Waals surface area (Å²) in [5.41, 5.74) is 1.76. The molecular weight excluding hydrogens is 397 g/mol. The van der Waals surface area contributed by atoms with Gasteiger partial charge in [-0.1, -0.05) is 13.8 Å². The summed E-state index contributed by atoms with van der Waals surface area (Å²) >= 11 is 0. The van der Waals surface area contributed by atoms with E-state index in [-0.39, 0.29) is 5.75 Å². The summed E-state index contributed by atoms with van der Waals surface area (Å²) in [7, 11) is 3.33. The summed E-state index contributed by atoms with van der Waals surface area (Å²) in [5, 5.41) is 3.62. The largest absolute Gasteiger partial charge is 0.493 e. The van der Waals surface area contributed by atoms with E-state index in [4.69, 9.17) is 14.2 Å². The lowest BCUT2D eigenvalue weighted by atomic mass is 9.84. The van der Waals surface area contributed by atoms with E-state index in [0.717, 1.165) is 19.6 Å². The number of likely N-dealkylation sites (tertiary alicyclic amines) is 1. The number of aromatic nitrogens is 1. The smallest absolute Gasteiger partial charge is 0.167 e. The molecule has 1 aliphatic rings. The standard InChI is InChI=1S/C24H28FN3O3/c1-24(2)14-28(15-24)9-10-30-23-13-19-17(12-22(23)29-4)20(7-8-27-19)31-21-6-5-16(26-3)11-18(21)25/h5-8,11-13,26H,9-10,14-15H2,1-4H3. The summed E-state index contributed by atoms with van der Waals surface area (Å²) in [5.74, 6) is 1.40. The molecule has 0 amide bonds. The maximum Gasteiger partial charge on any atom is 0.167 e. The molecule has 0 radical (unpaired) electrons. The van der Waals surface area contributed by atoms with Crippen molar-refractivity contribution in [3.63, 3.8) is 0 Å². The van der Waals surface area contributed by atoms with E-state index in [1.807, 2.05) is 12.1 Å². The molecule has 0 aliphatic carbocycles. The first-order valence-electron chi connectivity index (χ1n) is 10.4. The van der Waals surface area contributed by atoms with E-state index in [1.54, 1.807) is 38.6 Å². The van der Waals surface area contributed by atoms with Crippen LogP contribution in [-0.4, -0.2) is 50.3 Å². The molecule has 7 heteroatoms. The van der Waals surface area contributed by atoms with Crippen LogP contribution in [0.3, 0.4) is 0 Å². The van der Waals surface area contributed by atoms with Crippen LogP contribution in [0.2, 0.25) is 0 Å². The van der Waals surface area contributed by atoms with Crippen molar-refractivity contribution in [3.8, 4) is 23.0 Å². The van der Waals surface area contributed by atoms with Gasteiger partial charge < -0.3 is 19.5 Å². The van der Waals surface area contributed by atoms with E-state index in [9.17, 15) is 4.39 Å². The minimum absolute atomic E-state index is 0.142. The summed E-state index contributed by atoms with van der Waals surface area (Å²) in [4.78, 5) is 6.80. The normalized spacial score (nSPS) is 15.4. The fraction of sp³-hybridized carbons (Fsp3) is 0.375. The number of benzene rings is 2. The predicted molar refractivity (Wildman–Crippen MR) is 120 cm³/mol. The lowest BCUT2D eigenvalue weighted by Crippen LogP contribution is -2.53. The lowest BCUT2D eigenvalue weighted by molar-refractivity contribution is 0.0211. The SMILES string of the molecule is CNc1ccc(Oc2ccnc3cc(OCCN4CC(C)(C)C4)c(OC)cc23)c(F)c1. The third kappa shape index (κ3) is 4.66. The molecule has 2 aromatic carbocycles. The highest BCUT2D eigenvalue weighted by atomic mass is 19.1. The molecule has 164 valence electrons. The Bertz CT molecular complexity index is 1080. The van der Waals surface area contributed by atoms with E-state index in [2.05, 4.69) is 29.0 Å². The number of nitrogens with zero attached hydrogens (tertiary/aromatic N) is 2. The van der Waals surface area contributed by atoms with E-state index in [1.165, 1.54) is 6.07 Å². The lowest BCUT2D eigenvalue weighted by Gasteiger charge is -2.45. The Morgan fingerprint density at radius 1 is 1.06 bits per heavy atom. The molecule has 0 unspecified atom stereocenters. The zero-order valence-electron chi connectivity index (χ0n) is 18.4. The molecule has 1 saturated heterocycles. The molecule has 1 fully saturated rings. The first-order chi connectivity index (χ1) is 14.9. The Labute approximate surface area is 181 Å². The maximum atomic E-state index is 14.4. The summed E-state index contributed by atoms with van der Waals surface area (Å²) in [6.07, 6.45) is 1.63. The molecule has 0 spiro atoms. The predicted octanol–water partition coefficient (Wildman–Crippen LogP) is 4.94. The average molecular weight is 426 g/mol. The Kier molecular flexibility index (Phi) is 5.87. The van der Waals surface area contributed by atoms with Crippen molar-refractivity contribution < 1.29 is 18.6 Å². The molecule has 1 aromatic heterocycles. The van der Waals surface area contributed by atoms with Crippen LogP contribution in [0.1, 0.15) is 13.8 Å². The van der Waals surface area contributed by atoms with Crippen molar-refractivity contribution in [2.45, 2.75) is 13.8 Å². The molecule has 0 saturated carbocycles. The van der Waals surface area contributed by atoms with Crippen molar-refractivity contribution >= 4 is 16.6 Å². The van der Waals surface area contributed by atoms with Crippen LogP contribution in [0.25, 0.3) is 10.9 Å². The Hall–Kier alpha value is -3.06. The highest BCUT2D eigenvalue weighted by molar-refractivity contribution is 5.88. The molecule has 1 N–H and O–H groups in total. The van der Waals surface area contributed by atoms with Gasteiger partial charge in [-0.05, 0) is 29.7 Å². The Balaban J connectivity index is 1.54. The fourth-order valence-electron chi connectivity index (χ4n) is 3.95. The second kappa shape index (κ2) is 8.59. The number of halogens is 1. The van der Waals surface area contributed by atoms with Crippen molar-refractivity contribution in [3.05, 3.63) is 48.4 Å². The molecule has 0 bridgehead atoms. The molecule has 0 atom stereocenters. The number of rotatable bonds is 8. The van der Waals surface area contributed by atoms with Gasteiger partial charge in [0.05, 0.1) is 12.6 Å². The third-order valence-electron chi connectivity index (χ3n) is 5.40. The number of nitrogens with one attached hydrogen (secondary N) is 1. The van der Waals surface area contributed by atoms with Gasteiger partial charge in [0.1, 0.15) is 12.4 Å². The molecule has 4 rings (SSSR count). The maximum absolute atomic E-state index is 14.4. The summed E-state index contributed by atoms with van der Waals surface area (Å²) < 4.78 is 31.8. The molecule has 2 heterocycles. The van der Waals surface area contributed by atoms with Gasteiger partial charge in [0.25, 0.3) is 0 Å².